The molecule has 2 N–H and O–H groups in total. The van der Waals surface area contributed by atoms with Gasteiger partial charge in [-0.3, -0.25) is 0 Å². The first-order valence-electron chi connectivity index (χ1n) is 4.37. The first-order valence-corrected chi connectivity index (χ1v) is 4.37. The van der Waals surface area contributed by atoms with Gasteiger partial charge < -0.3 is 10.2 Å². The number of rotatable bonds is 2. The second kappa shape index (κ2) is 3.59. The van der Waals surface area contributed by atoms with Crippen LogP contribution in [0.25, 0.3) is 11.3 Å². The number of hydrogen-bond acceptors (Lipinski definition) is 4. The summed E-state index contributed by atoms with van der Waals surface area (Å²) < 4.78 is 4.99. The van der Waals surface area contributed by atoms with E-state index in [1.54, 1.807) is 12.5 Å². The first kappa shape index (κ1) is 8.90. The fourth-order valence-corrected chi connectivity index (χ4v) is 1.29. The second-order valence-corrected chi connectivity index (χ2v) is 3.01. The molecule has 2 rings (SSSR count). The van der Waals surface area contributed by atoms with Crippen LogP contribution in [0.5, 0.6) is 0 Å². The Hall–Kier alpha value is -1.68. The molecule has 14 heavy (non-hydrogen) atoms. The van der Waals surface area contributed by atoms with Crippen LogP contribution in [0.15, 0.2) is 29.1 Å². The fourth-order valence-electron chi connectivity index (χ4n) is 1.29. The predicted molar refractivity (Wildman–Crippen MR) is 52.4 cm³/mol. The van der Waals surface area contributed by atoms with Crippen molar-refractivity contribution in [2.45, 2.75) is 13.5 Å². The lowest BCUT2D eigenvalue weighted by Gasteiger charge is -2.01. The van der Waals surface area contributed by atoms with Gasteiger partial charge in [0.05, 0.1) is 23.9 Å². The lowest BCUT2D eigenvalue weighted by atomic mass is 10.2. The molecule has 0 radical (unpaired) electrons. The van der Waals surface area contributed by atoms with Gasteiger partial charge in [-0.05, 0) is 19.1 Å². The van der Waals surface area contributed by atoms with E-state index in [0.29, 0.717) is 6.54 Å². The van der Waals surface area contributed by atoms with E-state index in [1.165, 1.54) is 0 Å². The molecule has 72 valence electrons. The summed E-state index contributed by atoms with van der Waals surface area (Å²) in [5.41, 5.74) is 8.17. The Morgan fingerprint density at radius 3 is 2.93 bits per heavy atom. The molecule has 4 heteroatoms. The molecule has 0 amide bonds. The SMILES string of the molecule is Cc1nc(CN)cc(-c2ccoc2)n1. The smallest absolute Gasteiger partial charge is 0.126 e. The van der Waals surface area contributed by atoms with E-state index in [0.717, 1.165) is 22.8 Å². The van der Waals surface area contributed by atoms with Crippen LogP contribution >= 0.6 is 0 Å². The summed E-state index contributed by atoms with van der Waals surface area (Å²) in [7, 11) is 0. The van der Waals surface area contributed by atoms with Crippen molar-refractivity contribution in [3.05, 3.63) is 36.2 Å². The van der Waals surface area contributed by atoms with Crippen molar-refractivity contribution in [1.29, 1.82) is 0 Å². The van der Waals surface area contributed by atoms with Crippen molar-refractivity contribution in [3.8, 4) is 11.3 Å². The van der Waals surface area contributed by atoms with Gasteiger partial charge in [0.2, 0.25) is 0 Å². The number of furan rings is 1. The molecule has 0 aliphatic carbocycles. The van der Waals surface area contributed by atoms with Gasteiger partial charge in [0, 0.05) is 12.1 Å². The zero-order chi connectivity index (χ0) is 9.97. The average Bonchev–Trinajstić information content (AvgIpc) is 2.69. The third-order valence-electron chi connectivity index (χ3n) is 1.92. The largest absolute Gasteiger partial charge is 0.472 e. The number of aromatic nitrogens is 2. The Kier molecular flexibility index (Phi) is 2.28. The molecule has 2 aromatic heterocycles. The fraction of sp³-hybridized carbons (Fsp3) is 0.200. The van der Waals surface area contributed by atoms with Gasteiger partial charge in [0.15, 0.2) is 0 Å². The Balaban J connectivity index is 2.48. The summed E-state index contributed by atoms with van der Waals surface area (Å²) in [5, 5.41) is 0. The van der Waals surface area contributed by atoms with Crippen LogP contribution < -0.4 is 5.73 Å². The minimum Gasteiger partial charge on any atom is -0.472 e. The topological polar surface area (TPSA) is 64.9 Å². The molecule has 0 spiro atoms. The van der Waals surface area contributed by atoms with Gasteiger partial charge in [-0.25, -0.2) is 9.97 Å². The molecule has 4 nitrogen and oxygen atoms in total. The van der Waals surface area contributed by atoms with Gasteiger partial charge >= 0.3 is 0 Å². The minimum atomic E-state index is 0.425. The van der Waals surface area contributed by atoms with Crippen LogP contribution in [0.2, 0.25) is 0 Å². The minimum absolute atomic E-state index is 0.425. The van der Waals surface area contributed by atoms with E-state index in [2.05, 4.69) is 9.97 Å². The molecule has 2 aromatic rings. The Morgan fingerprint density at radius 2 is 2.29 bits per heavy atom. The molecular weight excluding hydrogens is 178 g/mol. The Labute approximate surface area is 81.8 Å². The average molecular weight is 189 g/mol. The second-order valence-electron chi connectivity index (χ2n) is 3.01. The number of nitrogens with two attached hydrogens (primary N) is 1. The predicted octanol–water partition coefficient (Wildman–Crippen LogP) is 1.50. The van der Waals surface area contributed by atoms with Crippen LogP contribution in [0, 0.1) is 6.92 Å². The van der Waals surface area contributed by atoms with E-state index in [4.69, 9.17) is 10.2 Å². The van der Waals surface area contributed by atoms with E-state index in [1.807, 2.05) is 19.1 Å². The number of nitrogens with zero attached hydrogens (tertiary/aromatic N) is 2. The molecule has 0 saturated heterocycles. The van der Waals surface area contributed by atoms with Gasteiger partial charge in [0.1, 0.15) is 5.82 Å². The molecule has 0 unspecified atom stereocenters. The molecule has 0 aliphatic rings. The molecule has 0 fully saturated rings. The molecule has 0 aromatic carbocycles. The number of hydrogen-bond donors (Lipinski definition) is 1. The molecule has 2 heterocycles. The Bertz CT molecular complexity index is 423. The highest BCUT2D eigenvalue weighted by atomic mass is 16.3. The van der Waals surface area contributed by atoms with Crippen LogP contribution in [0.1, 0.15) is 11.5 Å². The van der Waals surface area contributed by atoms with E-state index in [9.17, 15) is 0 Å². The van der Waals surface area contributed by atoms with Gasteiger partial charge in [0.25, 0.3) is 0 Å². The summed E-state index contributed by atoms with van der Waals surface area (Å²) in [6.45, 7) is 2.27. The quantitative estimate of drug-likeness (QED) is 0.777. The zero-order valence-corrected chi connectivity index (χ0v) is 7.90. The normalized spacial score (nSPS) is 10.4. The highest BCUT2D eigenvalue weighted by molar-refractivity contribution is 5.57. The van der Waals surface area contributed by atoms with Crippen molar-refractivity contribution in [1.82, 2.24) is 9.97 Å². The third-order valence-corrected chi connectivity index (χ3v) is 1.92. The lowest BCUT2D eigenvalue weighted by Crippen LogP contribution is -2.03. The van der Waals surface area contributed by atoms with Crippen LogP contribution in [0.3, 0.4) is 0 Å². The van der Waals surface area contributed by atoms with Gasteiger partial charge in [-0.2, -0.15) is 0 Å². The van der Waals surface area contributed by atoms with Crippen LogP contribution in [0.4, 0.5) is 0 Å². The van der Waals surface area contributed by atoms with E-state index < -0.39 is 0 Å². The zero-order valence-electron chi connectivity index (χ0n) is 7.90. The maximum absolute atomic E-state index is 5.53. The highest BCUT2D eigenvalue weighted by Crippen LogP contribution is 2.17. The first-order chi connectivity index (χ1) is 6.79. The lowest BCUT2D eigenvalue weighted by molar-refractivity contribution is 0.568. The van der Waals surface area contributed by atoms with E-state index >= 15 is 0 Å². The summed E-state index contributed by atoms with van der Waals surface area (Å²) in [6.07, 6.45) is 3.27. The third kappa shape index (κ3) is 1.65. The monoisotopic (exact) mass is 189 g/mol. The van der Waals surface area contributed by atoms with Gasteiger partial charge in [-0.1, -0.05) is 0 Å². The molecule has 0 atom stereocenters. The molecule has 0 bridgehead atoms. The van der Waals surface area contributed by atoms with E-state index in [-0.39, 0.29) is 0 Å². The van der Waals surface area contributed by atoms with Crippen LogP contribution in [-0.2, 0) is 6.54 Å². The van der Waals surface area contributed by atoms with Crippen LogP contribution in [-0.4, -0.2) is 9.97 Å². The van der Waals surface area contributed by atoms with Crippen molar-refractivity contribution < 1.29 is 4.42 Å². The van der Waals surface area contributed by atoms with Crippen molar-refractivity contribution in [3.63, 3.8) is 0 Å². The van der Waals surface area contributed by atoms with Gasteiger partial charge in [-0.15, -0.1) is 0 Å². The maximum atomic E-state index is 5.53. The summed E-state index contributed by atoms with van der Waals surface area (Å²) in [5.74, 6) is 0.726. The maximum Gasteiger partial charge on any atom is 0.126 e. The van der Waals surface area contributed by atoms with Crippen molar-refractivity contribution >= 4 is 0 Å². The molecule has 0 saturated carbocycles. The number of aryl methyl sites for hydroxylation is 1. The summed E-state index contributed by atoms with van der Waals surface area (Å²) >= 11 is 0. The summed E-state index contributed by atoms with van der Waals surface area (Å²) in [6, 6.07) is 3.74. The standard InChI is InChI=1S/C10H11N3O/c1-7-12-9(5-11)4-10(13-7)8-2-3-14-6-8/h2-4,6H,5,11H2,1H3. The van der Waals surface area contributed by atoms with Crippen molar-refractivity contribution in [2.75, 3.05) is 0 Å². The highest BCUT2D eigenvalue weighted by Gasteiger charge is 2.04. The molecular formula is C10H11N3O. The molecule has 0 aliphatic heterocycles. The Morgan fingerprint density at radius 1 is 1.43 bits per heavy atom. The summed E-state index contributed by atoms with van der Waals surface area (Å²) in [4.78, 5) is 8.49. The van der Waals surface area contributed by atoms with Crippen molar-refractivity contribution in [2.24, 2.45) is 5.73 Å².